The fraction of sp³-hybridized carbons (Fsp3) is 0.268. The lowest BCUT2D eigenvalue weighted by atomic mass is 9.49. The van der Waals surface area contributed by atoms with Crippen molar-refractivity contribution in [3.63, 3.8) is 0 Å². The van der Waals surface area contributed by atoms with E-state index in [9.17, 15) is 23.9 Å². The minimum absolute atomic E-state index is 0.0478. The predicted octanol–water partition coefficient (Wildman–Crippen LogP) is 7.35. The van der Waals surface area contributed by atoms with Gasteiger partial charge >= 0.3 is 0 Å². The molecule has 1 saturated carbocycles. The molecule has 2 aliphatic carbocycles. The largest absolute Gasteiger partial charge is 0.502 e. The topological polar surface area (TPSA) is 125 Å². The minimum Gasteiger partial charge on any atom is -0.502 e. The van der Waals surface area contributed by atoms with Crippen LogP contribution in [0.2, 0.25) is 10.0 Å². The van der Waals surface area contributed by atoms with Crippen molar-refractivity contribution in [2.75, 3.05) is 24.5 Å². The molecule has 6 atom stereocenters. The van der Waals surface area contributed by atoms with E-state index < -0.39 is 58.5 Å². The Morgan fingerprint density at radius 1 is 0.852 bits per heavy atom. The molecule has 10 nitrogen and oxygen atoms in total. The van der Waals surface area contributed by atoms with Crippen molar-refractivity contribution in [2.45, 2.75) is 31.1 Å². The number of nitrogens with one attached hydrogen (secondary N) is 1. The van der Waals surface area contributed by atoms with Gasteiger partial charge in [0, 0.05) is 16.0 Å². The summed E-state index contributed by atoms with van der Waals surface area (Å²) in [5.41, 5.74) is 4.39. The number of amides is 4. The van der Waals surface area contributed by atoms with Gasteiger partial charge in [0.25, 0.3) is 11.8 Å². The van der Waals surface area contributed by atoms with Crippen LogP contribution < -0.4 is 19.8 Å². The van der Waals surface area contributed by atoms with Gasteiger partial charge in [-0.3, -0.25) is 24.6 Å². The second kappa shape index (κ2) is 13.2. The fourth-order valence-corrected chi connectivity index (χ4v) is 9.39. The third kappa shape index (κ3) is 5.20. The van der Waals surface area contributed by atoms with Crippen LogP contribution >= 0.6 is 23.2 Å². The van der Waals surface area contributed by atoms with E-state index in [1.807, 2.05) is 13.0 Å². The smallest absolute Gasteiger partial charge is 0.260 e. The molecule has 3 fully saturated rings. The number of aromatic hydroxyl groups is 1. The van der Waals surface area contributed by atoms with E-state index in [0.29, 0.717) is 38.1 Å². The zero-order valence-electron chi connectivity index (χ0n) is 29.3. The summed E-state index contributed by atoms with van der Waals surface area (Å²) in [5, 5.41) is 12.8. The maximum absolute atomic E-state index is 15.4. The second-order valence-electron chi connectivity index (χ2n) is 14.1. The number of hydrogen-bond acceptors (Lipinski definition) is 8. The van der Waals surface area contributed by atoms with E-state index in [0.717, 1.165) is 10.6 Å². The zero-order valence-corrected chi connectivity index (χ0v) is 30.8. The van der Waals surface area contributed by atoms with Crippen LogP contribution in [0.25, 0.3) is 0 Å². The SMILES string of the molecule is COc1cc([C@H]2C3=CC[C@@H]4C(=O)N(c5ccc(C)c(Cl)c5)C(=O)[C@@H]4[C@@H]3C[C@H]3C(=O)N(Nc4ccc(F)cc4)C(=O)[C@@]23c2ccc(Cl)cc2)cc(OC)c1O. The van der Waals surface area contributed by atoms with Gasteiger partial charge in [0.1, 0.15) is 5.82 Å². The number of hydrazine groups is 1. The standard InChI is InChI=1S/C41H34Cl2FN3O7/c1-20-4-13-26(18-31(20)43)46-37(49)28-15-14-27-29(34(28)39(46)51)19-30-38(50)47(45-25-11-9-24(44)10-12-25)40(52)41(30,22-5-7-23(42)8-6-22)35(27)21-16-32(53-2)36(48)33(17-21)54-3/h4-14,16-18,28-30,34-35,45,48H,15,19H2,1-3H3/t28-,29+,30-,34-,35-,41+/m0/s1. The van der Waals surface area contributed by atoms with Crippen molar-refractivity contribution >= 4 is 58.2 Å². The molecule has 2 saturated heterocycles. The number of carbonyl (C=O) groups is 4. The van der Waals surface area contributed by atoms with Crippen molar-refractivity contribution < 1.29 is 38.1 Å². The second-order valence-corrected chi connectivity index (χ2v) is 14.9. The number of halogens is 3. The van der Waals surface area contributed by atoms with Crippen LogP contribution in [0, 0.1) is 36.4 Å². The molecular weight excluding hydrogens is 736 g/mol. The van der Waals surface area contributed by atoms with Crippen molar-refractivity contribution in [1.29, 1.82) is 0 Å². The number of ether oxygens (including phenoxy) is 2. The molecule has 0 radical (unpaired) electrons. The Balaban J connectivity index is 1.35. The monoisotopic (exact) mass is 769 g/mol. The molecule has 0 aromatic heterocycles. The number of rotatable bonds is 7. The highest BCUT2D eigenvalue weighted by Gasteiger charge is 2.70. The van der Waals surface area contributed by atoms with Crippen molar-refractivity contribution in [3.05, 3.63) is 123 Å². The molecule has 8 rings (SSSR count). The quantitative estimate of drug-likeness (QED) is 0.148. The van der Waals surface area contributed by atoms with E-state index in [2.05, 4.69) is 5.43 Å². The first-order valence-electron chi connectivity index (χ1n) is 17.4. The van der Waals surface area contributed by atoms with E-state index in [4.69, 9.17) is 32.7 Å². The number of allylic oxidation sites excluding steroid dienone is 2. The third-order valence-electron chi connectivity index (χ3n) is 11.5. The van der Waals surface area contributed by atoms with Crippen LogP contribution in [0.4, 0.5) is 15.8 Å². The molecule has 4 aromatic carbocycles. The minimum atomic E-state index is -1.63. The Hall–Kier alpha value is -5.39. The average molecular weight is 771 g/mol. The maximum atomic E-state index is 15.4. The Kier molecular flexibility index (Phi) is 8.69. The molecule has 0 unspecified atom stereocenters. The molecule has 2 N–H and O–H groups in total. The van der Waals surface area contributed by atoms with Gasteiger partial charge in [-0.15, -0.1) is 0 Å². The number of anilines is 2. The molecule has 4 aromatic rings. The molecule has 0 spiro atoms. The number of phenolic OH excluding ortho intramolecular Hbond substituents is 1. The number of hydrogen-bond donors (Lipinski definition) is 2. The van der Waals surface area contributed by atoms with Crippen molar-refractivity contribution in [2.24, 2.45) is 23.7 Å². The van der Waals surface area contributed by atoms with Gasteiger partial charge in [0.2, 0.25) is 17.6 Å². The van der Waals surface area contributed by atoms with Gasteiger partial charge in [-0.25, -0.2) is 9.29 Å². The molecular formula is C41H34Cl2FN3O7. The van der Waals surface area contributed by atoms with Crippen LogP contribution in [0.1, 0.15) is 35.4 Å². The summed E-state index contributed by atoms with van der Waals surface area (Å²) in [6.45, 7) is 1.83. The number of carbonyl (C=O) groups excluding carboxylic acids is 4. The highest BCUT2D eigenvalue weighted by molar-refractivity contribution is 6.32. The Labute approximate surface area is 320 Å². The Morgan fingerprint density at radius 3 is 2.15 bits per heavy atom. The van der Waals surface area contributed by atoms with E-state index in [-0.39, 0.29) is 36.0 Å². The summed E-state index contributed by atoms with van der Waals surface area (Å²) in [4.78, 5) is 60.1. The zero-order chi connectivity index (χ0) is 38.2. The van der Waals surface area contributed by atoms with Crippen LogP contribution in [-0.2, 0) is 24.6 Å². The summed E-state index contributed by atoms with van der Waals surface area (Å²) in [7, 11) is 2.77. The van der Waals surface area contributed by atoms with Crippen LogP contribution in [-0.4, -0.2) is 48.0 Å². The fourth-order valence-electron chi connectivity index (χ4n) is 9.09. The summed E-state index contributed by atoms with van der Waals surface area (Å²) >= 11 is 12.8. The highest BCUT2D eigenvalue weighted by Crippen LogP contribution is 2.65. The van der Waals surface area contributed by atoms with Gasteiger partial charge in [-0.1, -0.05) is 53.1 Å². The van der Waals surface area contributed by atoms with E-state index in [1.54, 1.807) is 54.6 Å². The van der Waals surface area contributed by atoms with E-state index in [1.165, 1.54) is 43.4 Å². The molecule has 13 heteroatoms. The van der Waals surface area contributed by atoms with Gasteiger partial charge in [-0.05, 0) is 103 Å². The Bertz CT molecular complexity index is 2260. The molecule has 2 heterocycles. The number of phenols is 1. The van der Waals surface area contributed by atoms with E-state index >= 15 is 4.79 Å². The summed E-state index contributed by atoms with van der Waals surface area (Å²) in [6, 6.07) is 20.2. The van der Waals surface area contributed by atoms with Crippen LogP contribution in [0.3, 0.4) is 0 Å². The average Bonchev–Trinajstić information content (AvgIpc) is 3.54. The predicted molar refractivity (Wildman–Crippen MR) is 199 cm³/mol. The molecule has 276 valence electrons. The summed E-state index contributed by atoms with van der Waals surface area (Å²) in [6.07, 6.45) is 2.16. The number of imide groups is 2. The van der Waals surface area contributed by atoms with Crippen LogP contribution in [0.5, 0.6) is 17.2 Å². The molecule has 0 bridgehead atoms. The summed E-state index contributed by atoms with van der Waals surface area (Å²) in [5.74, 6) is -6.81. The lowest BCUT2D eigenvalue weighted by Gasteiger charge is -2.50. The molecule has 4 amide bonds. The number of methoxy groups -OCH3 is 2. The first-order chi connectivity index (χ1) is 25.9. The normalized spacial score (nSPS) is 26.0. The van der Waals surface area contributed by atoms with Gasteiger partial charge < -0.3 is 14.6 Å². The molecule has 2 aliphatic heterocycles. The first-order valence-corrected chi connectivity index (χ1v) is 18.1. The molecule has 54 heavy (non-hydrogen) atoms. The van der Waals surface area contributed by atoms with Gasteiger partial charge in [0.15, 0.2) is 11.5 Å². The van der Waals surface area contributed by atoms with Gasteiger partial charge in [-0.2, -0.15) is 5.01 Å². The van der Waals surface area contributed by atoms with Gasteiger partial charge in [0.05, 0.1) is 48.8 Å². The van der Waals surface area contributed by atoms with Crippen molar-refractivity contribution in [3.8, 4) is 17.2 Å². The lowest BCUT2D eigenvalue weighted by Crippen LogP contribution is -2.53. The Morgan fingerprint density at radius 2 is 1.52 bits per heavy atom. The summed E-state index contributed by atoms with van der Waals surface area (Å²) < 4.78 is 25.1. The number of aryl methyl sites for hydroxylation is 1. The lowest BCUT2D eigenvalue weighted by molar-refractivity contribution is -0.138. The number of nitrogens with zero attached hydrogens (tertiary/aromatic N) is 2. The van der Waals surface area contributed by atoms with Crippen LogP contribution in [0.15, 0.2) is 90.5 Å². The van der Waals surface area contributed by atoms with Crippen molar-refractivity contribution in [1.82, 2.24) is 5.01 Å². The number of fused-ring (bicyclic) bond motifs is 4. The molecule has 4 aliphatic rings. The third-order valence-corrected chi connectivity index (χ3v) is 12.2. The highest BCUT2D eigenvalue weighted by atomic mass is 35.5. The maximum Gasteiger partial charge on any atom is 0.260 e. The number of benzene rings is 4. The first kappa shape index (κ1) is 35.6.